The van der Waals surface area contributed by atoms with Crippen LogP contribution in [0.3, 0.4) is 0 Å². The zero-order valence-electron chi connectivity index (χ0n) is 11.8. The number of nitrogens with one attached hydrogen (secondary N) is 2. The second-order valence-corrected chi connectivity index (χ2v) is 5.65. The number of H-pyrrole nitrogens is 1. The predicted molar refractivity (Wildman–Crippen MR) is 86.2 cm³/mol. The summed E-state index contributed by atoms with van der Waals surface area (Å²) in [5, 5.41) is 3.54. The molecule has 4 N–H and O–H groups in total. The van der Waals surface area contributed by atoms with Crippen molar-refractivity contribution in [3.63, 3.8) is 0 Å². The van der Waals surface area contributed by atoms with Crippen molar-refractivity contribution in [2.75, 3.05) is 11.1 Å². The predicted octanol–water partition coefficient (Wildman–Crippen LogP) is 3.63. The molecular weight excluding hydrogens is 260 g/mol. The lowest BCUT2D eigenvalue weighted by Gasteiger charge is -2.26. The number of fused-ring (bicyclic) bond motifs is 2. The van der Waals surface area contributed by atoms with Crippen LogP contribution in [-0.4, -0.2) is 9.97 Å². The van der Waals surface area contributed by atoms with E-state index >= 15 is 0 Å². The van der Waals surface area contributed by atoms with Gasteiger partial charge < -0.3 is 16.0 Å². The lowest BCUT2D eigenvalue weighted by Crippen LogP contribution is -2.17. The molecule has 0 fully saturated rings. The molecule has 106 valence electrons. The van der Waals surface area contributed by atoms with Gasteiger partial charge in [-0.1, -0.05) is 24.3 Å². The number of nitrogen functional groups attached to an aromatic ring is 1. The molecule has 0 saturated carbocycles. The Morgan fingerprint density at radius 3 is 3.05 bits per heavy atom. The van der Waals surface area contributed by atoms with Gasteiger partial charge in [0.2, 0.25) is 5.95 Å². The third-order valence-electron chi connectivity index (χ3n) is 4.19. The van der Waals surface area contributed by atoms with Gasteiger partial charge in [0.05, 0.1) is 17.1 Å². The van der Waals surface area contributed by atoms with Crippen LogP contribution in [0.4, 0.5) is 11.6 Å². The summed E-state index contributed by atoms with van der Waals surface area (Å²) >= 11 is 0. The molecule has 2 aromatic carbocycles. The number of aryl methyl sites for hydroxylation is 1. The van der Waals surface area contributed by atoms with E-state index in [2.05, 4.69) is 39.6 Å². The van der Waals surface area contributed by atoms with E-state index in [4.69, 9.17) is 5.73 Å². The van der Waals surface area contributed by atoms with Gasteiger partial charge in [0.15, 0.2) is 0 Å². The Morgan fingerprint density at radius 1 is 1.19 bits per heavy atom. The average molecular weight is 278 g/mol. The van der Waals surface area contributed by atoms with Gasteiger partial charge in [-0.2, -0.15) is 0 Å². The van der Waals surface area contributed by atoms with E-state index < -0.39 is 0 Å². The highest BCUT2D eigenvalue weighted by molar-refractivity contribution is 5.80. The number of benzene rings is 2. The van der Waals surface area contributed by atoms with E-state index in [1.54, 1.807) is 0 Å². The minimum absolute atomic E-state index is 0.327. The van der Waals surface area contributed by atoms with E-state index in [0.717, 1.165) is 29.1 Å². The number of hydrogen-bond donors (Lipinski definition) is 3. The summed E-state index contributed by atoms with van der Waals surface area (Å²) in [6, 6.07) is 14.7. The molecule has 0 aliphatic heterocycles. The van der Waals surface area contributed by atoms with Crippen molar-refractivity contribution in [2.24, 2.45) is 0 Å². The quantitative estimate of drug-likeness (QED) is 0.627. The van der Waals surface area contributed by atoms with Gasteiger partial charge >= 0.3 is 0 Å². The molecule has 1 atom stereocenters. The number of nitrogens with two attached hydrogens (primary N) is 1. The van der Waals surface area contributed by atoms with Crippen molar-refractivity contribution in [3.05, 3.63) is 53.6 Å². The van der Waals surface area contributed by atoms with Gasteiger partial charge in [-0.25, -0.2) is 4.98 Å². The zero-order valence-corrected chi connectivity index (χ0v) is 11.8. The maximum absolute atomic E-state index is 5.81. The van der Waals surface area contributed by atoms with E-state index in [0.29, 0.717) is 6.04 Å². The molecule has 1 unspecified atom stereocenters. The molecular formula is C17H18N4. The standard InChI is InChI=1S/C17H18N4/c18-12-8-9-15-16(10-12)21-17(20-15)19-14-7-3-5-11-4-1-2-6-13(11)14/h1-2,4,6,8-10,14H,3,5,7,18H2,(H2,19,20,21). The van der Waals surface area contributed by atoms with Gasteiger partial charge in [-0.05, 0) is 48.6 Å². The summed E-state index contributed by atoms with van der Waals surface area (Å²) in [6.07, 6.45) is 3.52. The number of imidazole rings is 1. The third-order valence-corrected chi connectivity index (χ3v) is 4.19. The molecule has 0 amide bonds. The second kappa shape index (κ2) is 4.81. The first kappa shape index (κ1) is 12.3. The topological polar surface area (TPSA) is 66.7 Å². The van der Waals surface area contributed by atoms with Crippen LogP contribution in [0.1, 0.15) is 30.0 Å². The zero-order chi connectivity index (χ0) is 14.2. The molecule has 1 aliphatic carbocycles. The van der Waals surface area contributed by atoms with Gasteiger partial charge in [0.1, 0.15) is 0 Å². The van der Waals surface area contributed by atoms with E-state index in [1.165, 1.54) is 24.0 Å². The smallest absolute Gasteiger partial charge is 0.201 e. The normalized spacial score (nSPS) is 17.6. The molecule has 3 aromatic rings. The number of rotatable bonds is 2. The maximum Gasteiger partial charge on any atom is 0.201 e. The van der Waals surface area contributed by atoms with Crippen LogP contribution in [0.5, 0.6) is 0 Å². The fraction of sp³-hybridized carbons (Fsp3) is 0.235. The van der Waals surface area contributed by atoms with Crippen LogP contribution in [-0.2, 0) is 6.42 Å². The Balaban J connectivity index is 1.66. The van der Waals surface area contributed by atoms with Crippen LogP contribution < -0.4 is 11.1 Å². The summed E-state index contributed by atoms with van der Waals surface area (Å²) in [6.45, 7) is 0. The average Bonchev–Trinajstić information content (AvgIpc) is 2.89. The van der Waals surface area contributed by atoms with Crippen LogP contribution in [0.2, 0.25) is 0 Å². The lowest BCUT2D eigenvalue weighted by atomic mass is 9.88. The number of aromatic nitrogens is 2. The number of anilines is 2. The summed E-state index contributed by atoms with van der Waals surface area (Å²) < 4.78 is 0. The molecule has 21 heavy (non-hydrogen) atoms. The summed E-state index contributed by atoms with van der Waals surface area (Å²) in [5.41, 5.74) is 11.3. The fourth-order valence-electron chi connectivity index (χ4n) is 3.16. The van der Waals surface area contributed by atoms with Crippen molar-refractivity contribution < 1.29 is 0 Å². The van der Waals surface area contributed by atoms with E-state index in [9.17, 15) is 0 Å². The molecule has 0 saturated heterocycles. The molecule has 1 heterocycles. The summed E-state index contributed by atoms with van der Waals surface area (Å²) in [7, 11) is 0. The van der Waals surface area contributed by atoms with Crippen LogP contribution in [0.25, 0.3) is 11.0 Å². The first-order valence-electron chi connectivity index (χ1n) is 7.39. The SMILES string of the molecule is Nc1ccc2nc(NC3CCCc4ccccc43)[nH]c2c1. The Labute approximate surface area is 123 Å². The van der Waals surface area contributed by atoms with Crippen molar-refractivity contribution in [1.82, 2.24) is 9.97 Å². The Kier molecular flexibility index (Phi) is 2.81. The van der Waals surface area contributed by atoms with E-state index in [-0.39, 0.29) is 0 Å². The number of nitrogens with zero attached hydrogens (tertiary/aromatic N) is 1. The highest BCUT2D eigenvalue weighted by atomic mass is 15.1. The highest BCUT2D eigenvalue weighted by Crippen LogP contribution is 2.32. The van der Waals surface area contributed by atoms with Crippen LogP contribution in [0.15, 0.2) is 42.5 Å². The van der Waals surface area contributed by atoms with Gasteiger partial charge in [0, 0.05) is 5.69 Å². The lowest BCUT2D eigenvalue weighted by molar-refractivity contribution is 0.597. The van der Waals surface area contributed by atoms with Crippen molar-refractivity contribution in [3.8, 4) is 0 Å². The minimum atomic E-state index is 0.327. The minimum Gasteiger partial charge on any atom is -0.399 e. The molecule has 0 radical (unpaired) electrons. The van der Waals surface area contributed by atoms with Gasteiger partial charge in [-0.15, -0.1) is 0 Å². The molecule has 1 aromatic heterocycles. The second-order valence-electron chi connectivity index (χ2n) is 5.65. The van der Waals surface area contributed by atoms with Crippen molar-refractivity contribution in [1.29, 1.82) is 0 Å². The largest absolute Gasteiger partial charge is 0.399 e. The summed E-state index contributed by atoms with van der Waals surface area (Å²) in [5.74, 6) is 0.817. The van der Waals surface area contributed by atoms with Crippen molar-refractivity contribution in [2.45, 2.75) is 25.3 Å². The summed E-state index contributed by atoms with van der Waals surface area (Å²) in [4.78, 5) is 7.91. The Bertz CT molecular complexity index is 790. The molecule has 0 bridgehead atoms. The third kappa shape index (κ3) is 2.23. The number of hydrogen-bond acceptors (Lipinski definition) is 3. The van der Waals surface area contributed by atoms with Crippen molar-refractivity contribution >= 4 is 22.7 Å². The molecule has 4 rings (SSSR count). The highest BCUT2D eigenvalue weighted by Gasteiger charge is 2.20. The van der Waals surface area contributed by atoms with Crippen LogP contribution >= 0.6 is 0 Å². The monoisotopic (exact) mass is 278 g/mol. The maximum atomic E-state index is 5.81. The Morgan fingerprint density at radius 2 is 2.10 bits per heavy atom. The number of aromatic amines is 1. The molecule has 1 aliphatic rings. The first-order valence-corrected chi connectivity index (χ1v) is 7.39. The van der Waals surface area contributed by atoms with Gasteiger partial charge in [0.25, 0.3) is 0 Å². The first-order chi connectivity index (χ1) is 10.3. The molecule has 0 spiro atoms. The molecule has 4 nitrogen and oxygen atoms in total. The van der Waals surface area contributed by atoms with Crippen LogP contribution in [0, 0.1) is 0 Å². The Hall–Kier alpha value is -2.49. The van der Waals surface area contributed by atoms with E-state index in [1.807, 2.05) is 18.2 Å². The molecule has 4 heteroatoms. The fourth-order valence-corrected chi connectivity index (χ4v) is 3.16. The van der Waals surface area contributed by atoms with Gasteiger partial charge in [-0.3, -0.25) is 0 Å².